The maximum absolute atomic E-state index is 13.6. The largest absolute Gasteiger partial charge is 0.494 e. The molecule has 0 amide bonds. The highest BCUT2D eigenvalue weighted by Crippen LogP contribution is 2.23. The number of rotatable bonds is 4. The molecule has 3 nitrogen and oxygen atoms in total. The van der Waals surface area contributed by atoms with Crippen molar-refractivity contribution < 1.29 is 9.13 Å². The average Bonchev–Trinajstić information content (AvgIpc) is 2.64. The predicted octanol–water partition coefficient (Wildman–Crippen LogP) is 3.12. The number of hydrogen-bond donors (Lipinski definition) is 1. The molecular weight excluding hydrogens is 243 g/mol. The van der Waals surface area contributed by atoms with Gasteiger partial charge in [0.1, 0.15) is 0 Å². The molecule has 0 bridgehead atoms. The second kappa shape index (κ2) is 6.75. The van der Waals surface area contributed by atoms with Crippen molar-refractivity contribution in [3.63, 3.8) is 0 Å². The van der Waals surface area contributed by atoms with Crippen LogP contribution in [0.25, 0.3) is 0 Å². The number of halogens is 1. The van der Waals surface area contributed by atoms with Crippen molar-refractivity contribution in [2.24, 2.45) is 0 Å². The van der Waals surface area contributed by atoms with Gasteiger partial charge in [0.05, 0.1) is 7.11 Å². The van der Waals surface area contributed by atoms with Gasteiger partial charge in [-0.25, -0.2) is 4.39 Å². The summed E-state index contributed by atoms with van der Waals surface area (Å²) < 4.78 is 18.6. The molecule has 1 aromatic rings. The minimum atomic E-state index is -0.309. The van der Waals surface area contributed by atoms with Crippen LogP contribution in [0.5, 0.6) is 5.75 Å². The Kier molecular flexibility index (Phi) is 5.02. The number of ether oxygens (including phenoxy) is 1. The molecule has 19 heavy (non-hydrogen) atoms. The highest BCUT2D eigenvalue weighted by molar-refractivity contribution is 5.48. The van der Waals surface area contributed by atoms with Crippen LogP contribution in [0.15, 0.2) is 18.2 Å². The predicted molar refractivity (Wildman–Crippen MR) is 76.3 cm³/mol. The highest BCUT2D eigenvalue weighted by Gasteiger charge is 2.16. The second-order valence-electron chi connectivity index (χ2n) is 5.06. The van der Waals surface area contributed by atoms with Crippen LogP contribution in [0, 0.1) is 5.82 Å². The third-order valence-corrected chi connectivity index (χ3v) is 3.79. The van der Waals surface area contributed by atoms with Crippen molar-refractivity contribution in [1.82, 2.24) is 4.90 Å². The highest BCUT2D eigenvalue weighted by atomic mass is 19.1. The molecular formula is C15H23FN2O. The van der Waals surface area contributed by atoms with E-state index in [4.69, 9.17) is 4.74 Å². The fourth-order valence-corrected chi connectivity index (χ4v) is 2.61. The monoisotopic (exact) mass is 266 g/mol. The summed E-state index contributed by atoms with van der Waals surface area (Å²) in [4.78, 5) is 2.47. The van der Waals surface area contributed by atoms with Crippen molar-refractivity contribution in [2.75, 3.05) is 32.1 Å². The molecule has 1 fully saturated rings. The lowest BCUT2D eigenvalue weighted by Crippen LogP contribution is -2.26. The standard InChI is InChI=1S/C15H23FN2O/c1-3-18-9-4-5-12(8-10-18)17-13-6-7-15(19-2)14(16)11-13/h6-7,11-12,17H,3-5,8-10H2,1-2H3. The van der Waals surface area contributed by atoms with Crippen LogP contribution in [-0.4, -0.2) is 37.7 Å². The Hall–Kier alpha value is -1.29. The lowest BCUT2D eigenvalue weighted by Gasteiger charge is -2.19. The average molecular weight is 266 g/mol. The summed E-state index contributed by atoms with van der Waals surface area (Å²) in [5.41, 5.74) is 0.841. The Morgan fingerprint density at radius 2 is 2.21 bits per heavy atom. The molecule has 1 unspecified atom stereocenters. The number of methoxy groups -OCH3 is 1. The number of benzene rings is 1. The van der Waals surface area contributed by atoms with Crippen molar-refractivity contribution in [3.8, 4) is 5.75 Å². The van der Waals surface area contributed by atoms with E-state index in [-0.39, 0.29) is 5.82 Å². The normalized spacial score (nSPS) is 20.9. The SMILES string of the molecule is CCN1CCCC(Nc2ccc(OC)c(F)c2)CC1. The van der Waals surface area contributed by atoms with E-state index in [0.717, 1.165) is 31.6 Å². The van der Waals surface area contributed by atoms with E-state index < -0.39 is 0 Å². The molecule has 1 N–H and O–H groups in total. The van der Waals surface area contributed by atoms with E-state index in [9.17, 15) is 4.39 Å². The Labute approximate surface area is 114 Å². The molecule has 2 rings (SSSR count). The third-order valence-electron chi connectivity index (χ3n) is 3.79. The minimum Gasteiger partial charge on any atom is -0.494 e. The molecule has 0 aliphatic carbocycles. The maximum atomic E-state index is 13.6. The first kappa shape index (κ1) is 14.1. The topological polar surface area (TPSA) is 24.5 Å². The van der Waals surface area contributed by atoms with Gasteiger partial charge in [0, 0.05) is 24.3 Å². The van der Waals surface area contributed by atoms with Crippen LogP contribution in [0.1, 0.15) is 26.2 Å². The zero-order chi connectivity index (χ0) is 13.7. The molecule has 1 heterocycles. The molecule has 0 saturated carbocycles. The van der Waals surface area contributed by atoms with Crippen LogP contribution in [0.3, 0.4) is 0 Å². The summed E-state index contributed by atoms with van der Waals surface area (Å²) in [6.45, 7) is 5.61. The second-order valence-corrected chi connectivity index (χ2v) is 5.06. The Balaban J connectivity index is 1.95. The lowest BCUT2D eigenvalue weighted by atomic mass is 10.1. The third kappa shape index (κ3) is 3.83. The Bertz CT molecular complexity index is 411. The van der Waals surface area contributed by atoms with Crippen molar-refractivity contribution in [3.05, 3.63) is 24.0 Å². The van der Waals surface area contributed by atoms with Gasteiger partial charge >= 0.3 is 0 Å². The lowest BCUT2D eigenvalue weighted by molar-refractivity contribution is 0.300. The quantitative estimate of drug-likeness (QED) is 0.906. The molecule has 106 valence electrons. The first-order valence-corrected chi connectivity index (χ1v) is 7.05. The summed E-state index contributed by atoms with van der Waals surface area (Å²) >= 11 is 0. The molecule has 1 aromatic carbocycles. The van der Waals surface area contributed by atoms with Gasteiger partial charge in [0.2, 0.25) is 0 Å². The van der Waals surface area contributed by atoms with E-state index in [1.165, 1.54) is 26.1 Å². The molecule has 0 spiro atoms. The molecule has 1 saturated heterocycles. The van der Waals surface area contributed by atoms with Gasteiger partial charge in [0.15, 0.2) is 11.6 Å². The number of hydrogen-bond acceptors (Lipinski definition) is 3. The number of nitrogens with one attached hydrogen (secondary N) is 1. The summed E-state index contributed by atoms with van der Waals surface area (Å²) in [6.07, 6.45) is 3.45. The number of likely N-dealkylation sites (tertiary alicyclic amines) is 1. The van der Waals surface area contributed by atoms with Gasteiger partial charge in [-0.05, 0) is 44.5 Å². The zero-order valence-electron chi connectivity index (χ0n) is 11.8. The zero-order valence-corrected chi connectivity index (χ0v) is 11.8. The molecule has 4 heteroatoms. The maximum Gasteiger partial charge on any atom is 0.167 e. The Morgan fingerprint density at radius 3 is 2.89 bits per heavy atom. The fraction of sp³-hybridized carbons (Fsp3) is 0.600. The molecule has 0 aromatic heterocycles. The van der Waals surface area contributed by atoms with E-state index in [1.54, 1.807) is 6.07 Å². The summed E-state index contributed by atoms with van der Waals surface area (Å²) in [7, 11) is 1.48. The van der Waals surface area contributed by atoms with Crippen LogP contribution in [0.4, 0.5) is 10.1 Å². The smallest absolute Gasteiger partial charge is 0.167 e. The van der Waals surface area contributed by atoms with Gasteiger partial charge in [-0.1, -0.05) is 6.92 Å². The van der Waals surface area contributed by atoms with E-state index in [0.29, 0.717) is 11.8 Å². The van der Waals surface area contributed by atoms with Gasteiger partial charge in [-0.3, -0.25) is 0 Å². The van der Waals surface area contributed by atoms with Gasteiger partial charge in [-0.2, -0.15) is 0 Å². The Morgan fingerprint density at radius 1 is 1.37 bits per heavy atom. The number of nitrogens with zero attached hydrogens (tertiary/aromatic N) is 1. The molecule has 1 aliphatic heterocycles. The first-order valence-electron chi connectivity index (χ1n) is 7.05. The van der Waals surface area contributed by atoms with Crippen molar-refractivity contribution >= 4 is 5.69 Å². The van der Waals surface area contributed by atoms with Crippen LogP contribution >= 0.6 is 0 Å². The first-order chi connectivity index (χ1) is 9.22. The molecule has 0 radical (unpaired) electrons. The summed E-state index contributed by atoms with van der Waals surface area (Å²) in [6, 6.07) is 5.50. The molecule has 1 atom stereocenters. The van der Waals surface area contributed by atoms with Crippen molar-refractivity contribution in [2.45, 2.75) is 32.2 Å². The van der Waals surface area contributed by atoms with Gasteiger partial charge < -0.3 is 15.0 Å². The van der Waals surface area contributed by atoms with Crippen molar-refractivity contribution in [1.29, 1.82) is 0 Å². The minimum absolute atomic E-state index is 0.295. The summed E-state index contributed by atoms with van der Waals surface area (Å²) in [5, 5.41) is 3.44. The van der Waals surface area contributed by atoms with Gasteiger partial charge in [-0.15, -0.1) is 0 Å². The van der Waals surface area contributed by atoms with E-state index in [1.807, 2.05) is 6.07 Å². The van der Waals surface area contributed by atoms with Crippen LogP contribution < -0.4 is 10.1 Å². The van der Waals surface area contributed by atoms with E-state index >= 15 is 0 Å². The van der Waals surface area contributed by atoms with Gasteiger partial charge in [0.25, 0.3) is 0 Å². The fourth-order valence-electron chi connectivity index (χ4n) is 2.61. The van der Waals surface area contributed by atoms with Crippen LogP contribution in [-0.2, 0) is 0 Å². The van der Waals surface area contributed by atoms with Crippen LogP contribution in [0.2, 0.25) is 0 Å². The summed E-state index contributed by atoms with van der Waals surface area (Å²) in [5.74, 6) is -0.0140. The molecule has 1 aliphatic rings. The van der Waals surface area contributed by atoms with E-state index in [2.05, 4.69) is 17.1 Å². The number of anilines is 1.